The molecule has 0 saturated carbocycles. The fourth-order valence-corrected chi connectivity index (χ4v) is 3.36. The summed E-state index contributed by atoms with van der Waals surface area (Å²) in [4.78, 5) is 16.8. The van der Waals surface area contributed by atoms with Gasteiger partial charge in [0, 0.05) is 15.6 Å². The van der Waals surface area contributed by atoms with Crippen molar-refractivity contribution in [1.29, 1.82) is 0 Å². The zero-order valence-electron chi connectivity index (χ0n) is 11.7. The molecule has 2 aromatic rings. The quantitative estimate of drug-likeness (QED) is 0.742. The van der Waals surface area contributed by atoms with Gasteiger partial charge in [-0.05, 0) is 24.3 Å². The molecule has 22 heavy (non-hydrogen) atoms. The average Bonchev–Trinajstić information content (AvgIpc) is 2.90. The summed E-state index contributed by atoms with van der Waals surface area (Å²) >= 11 is 4.82. The van der Waals surface area contributed by atoms with Gasteiger partial charge in [-0.3, -0.25) is 4.79 Å². The molecular weight excluding hydrogens is 362 g/mol. The van der Waals surface area contributed by atoms with Crippen LogP contribution in [0, 0.1) is 0 Å². The molecule has 0 aliphatic carbocycles. The fourth-order valence-electron chi connectivity index (χ4n) is 2.07. The molecule has 0 saturated heterocycles. The average molecular weight is 374 g/mol. The summed E-state index contributed by atoms with van der Waals surface area (Å²) in [5, 5.41) is 0.728. The summed E-state index contributed by atoms with van der Waals surface area (Å²) in [5.41, 5.74) is 1.79. The molecule has 1 heterocycles. The van der Waals surface area contributed by atoms with Gasteiger partial charge in [-0.25, -0.2) is 4.99 Å². The van der Waals surface area contributed by atoms with Gasteiger partial charge in [0.1, 0.15) is 10.8 Å². The van der Waals surface area contributed by atoms with Crippen molar-refractivity contribution in [2.75, 3.05) is 7.11 Å². The van der Waals surface area contributed by atoms with Gasteiger partial charge in [-0.1, -0.05) is 58.0 Å². The number of benzene rings is 2. The lowest BCUT2D eigenvalue weighted by Crippen LogP contribution is -1.91. The molecule has 0 unspecified atom stereocenters. The predicted octanol–water partition coefficient (Wildman–Crippen LogP) is 4.52. The van der Waals surface area contributed by atoms with Crippen molar-refractivity contribution >= 4 is 44.7 Å². The lowest BCUT2D eigenvalue weighted by atomic mass is 10.2. The van der Waals surface area contributed by atoms with E-state index < -0.39 is 0 Å². The molecule has 1 amide bonds. The number of nitrogens with zero attached hydrogens (tertiary/aromatic N) is 1. The lowest BCUT2D eigenvalue weighted by Gasteiger charge is -2.05. The van der Waals surface area contributed by atoms with E-state index in [0.717, 1.165) is 26.4 Å². The SMILES string of the molecule is COc1ccc(Br)cc1/C=C1\SC(c2ccccc2)=NC1=O. The topological polar surface area (TPSA) is 38.7 Å². The first-order chi connectivity index (χ1) is 10.7. The third kappa shape index (κ3) is 3.15. The Balaban J connectivity index is 1.92. The number of rotatable bonds is 3. The summed E-state index contributed by atoms with van der Waals surface area (Å²) in [5.74, 6) is 0.503. The molecule has 0 aromatic heterocycles. The van der Waals surface area contributed by atoms with Crippen LogP contribution in [-0.4, -0.2) is 18.1 Å². The zero-order chi connectivity index (χ0) is 15.5. The third-order valence-electron chi connectivity index (χ3n) is 3.12. The smallest absolute Gasteiger partial charge is 0.284 e. The Bertz CT molecular complexity index is 785. The van der Waals surface area contributed by atoms with Gasteiger partial charge >= 0.3 is 0 Å². The molecule has 2 aromatic carbocycles. The van der Waals surface area contributed by atoms with Gasteiger partial charge in [-0.2, -0.15) is 0 Å². The lowest BCUT2D eigenvalue weighted by molar-refractivity contribution is -0.113. The maximum atomic E-state index is 12.1. The number of thioether (sulfide) groups is 1. The minimum atomic E-state index is -0.217. The first kappa shape index (κ1) is 15.1. The molecule has 3 nitrogen and oxygen atoms in total. The van der Waals surface area contributed by atoms with Gasteiger partial charge in [0.15, 0.2) is 0 Å². The largest absolute Gasteiger partial charge is 0.496 e. The van der Waals surface area contributed by atoms with Crippen molar-refractivity contribution in [1.82, 2.24) is 0 Å². The van der Waals surface area contributed by atoms with Crippen molar-refractivity contribution in [2.24, 2.45) is 4.99 Å². The Morgan fingerprint density at radius 1 is 1.18 bits per heavy atom. The highest BCUT2D eigenvalue weighted by Crippen LogP contribution is 2.34. The summed E-state index contributed by atoms with van der Waals surface area (Å²) < 4.78 is 6.26. The summed E-state index contributed by atoms with van der Waals surface area (Å²) in [6, 6.07) is 15.4. The van der Waals surface area contributed by atoms with Crippen LogP contribution in [-0.2, 0) is 4.79 Å². The number of hydrogen-bond donors (Lipinski definition) is 0. The van der Waals surface area contributed by atoms with E-state index in [9.17, 15) is 4.79 Å². The van der Waals surface area contributed by atoms with Gasteiger partial charge in [-0.15, -0.1) is 0 Å². The van der Waals surface area contributed by atoms with E-state index in [4.69, 9.17) is 4.74 Å². The number of halogens is 1. The number of carbonyl (C=O) groups excluding carboxylic acids is 1. The molecule has 110 valence electrons. The van der Waals surface area contributed by atoms with Gasteiger partial charge in [0.2, 0.25) is 0 Å². The number of aliphatic imine (C=N–C) groups is 1. The second kappa shape index (κ2) is 6.50. The van der Waals surface area contributed by atoms with Crippen molar-refractivity contribution in [3.05, 3.63) is 69.0 Å². The number of amides is 1. The summed E-state index contributed by atoms with van der Waals surface area (Å²) in [7, 11) is 1.61. The third-order valence-corrected chi connectivity index (χ3v) is 4.65. The van der Waals surface area contributed by atoms with Gasteiger partial charge in [0.05, 0.1) is 12.0 Å². The molecule has 0 N–H and O–H groups in total. The minimum absolute atomic E-state index is 0.217. The van der Waals surface area contributed by atoms with E-state index in [2.05, 4.69) is 20.9 Å². The molecule has 0 fully saturated rings. The van der Waals surface area contributed by atoms with E-state index in [-0.39, 0.29) is 5.91 Å². The number of methoxy groups -OCH3 is 1. The van der Waals surface area contributed by atoms with Crippen LogP contribution in [0.1, 0.15) is 11.1 Å². The van der Waals surface area contributed by atoms with Crippen molar-refractivity contribution in [2.45, 2.75) is 0 Å². The first-order valence-electron chi connectivity index (χ1n) is 6.59. The Kier molecular flexibility index (Phi) is 4.45. The molecule has 0 atom stereocenters. The number of ether oxygens (including phenoxy) is 1. The molecule has 5 heteroatoms. The van der Waals surface area contributed by atoms with Crippen molar-refractivity contribution in [3.8, 4) is 5.75 Å². The van der Waals surface area contributed by atoms with Crippen LogP contribution in [0.2, 0.25) is 0 Å². The zero-order valence-corrected chi connectivity index (χ0v) is 14.1. The molecule has 1 aliphatic rings. The first-order valence-corrected chi connectivity index (χ1v) is 8.20. The molecular formula is C17H12BrNO2S. The number of carbonyl (C=O) groups is 1. The van der Waals surface area contributed by atoms with Crippen LogP contribution in [0.5, 0.6) is 5.75 Å². The van der Waals surface area contributed by atoms with E-state index in [1.54, 1.807) is 7.11 Å². The van der Waals surface area contributed by atoms with Crippen LogP contribution in [0.25, 0.3) is 6.08 Å². The summed E-state index contributed by atoms with van der Waals surface area (Å²) in [6.45, 7) is 0. The van der Waals surface area contributed by atoms with Crippen LogP contribution in [0.15, 0.2) is 62.9 Å². The highest BCUT2D eigenvalue weighted by molar-refractivity contribution is 9.10. The highest BCUT2D eigenvalue weighted by Gasteiger charge is 2.23. The Morgan fingerprint density at radius 3 is 2.68 bits per heavy atom. The predicted molar refractivity (Wildman–Crippen MR) is 94.2 cm³/mol. The van der Waals surface area contributed by atoms with Crippen LogP contribution in [0.3, 0.4) is 0 Å². The maximum absolute atomic E-state index is 12.1. The standard InChI is InChI=1S/C17H12BrNO2S/c1-21-14-8-7-13(18)9-12(14)10-15-16(20)19-17(22-15)11-5-3-2-4-6-11/h2-10H,1H3/b15-10-. The monoisotopic (exact) mass is 373 g/mol. The van der Waals surface area contributed by atoms with Crippen LogP contribution in [0.4, 0.5) is 0 Å². The van der Waals surface area contributed by atoms with Gasteiger partial charge < -0.3 is 4.74 Å². The van der Waals surface area contributed by atoms with Crippen molar-refractivity contribution < 1.29 is 9.53 Å². The molecule has 0 bridgehead atoms. The second-order valence-corrected chi connectivity index (χ2v) is 6.53. The second-order valence-electron chi connectivity index (χ2n) is 4.59. The van der Waals surface area contributed by atoms with Crippen molar-refractivity contribution in [3.63, 3.8) is 0 Å². The molecule has 0 spiro atoms. The molecule has 0 radical (unpaired) electrons. The highest BCUT2D eigenvalue weighted by atomic mass is 79.9. The fraction of sp³-hybridized carbons (Fsp3) is 0.0588. The van der Waals surface area contributed by atoms with Crippen LogP contribution < -0.4 is 4.74 Å². The molecule has 1 aliphatic heterocycles. The van der Waals surface area contributed by atoms with E-state index in [1.807, 2.05) is 54.6 Å². The Labute approximate surface area is 141 Å². The Morgan fingerprint density at radius 2 is 1.95 bits per heavy atom. The van der Waals surface area contributed by atoms with E-state index in [0.29, 0.717) is 4.91 Å². The van der Waals surface area contributed by atoms with Gasteiger partial charge in [0.25, 0.3) is 5.91 Å². The minimum Gasteiger partial charge on any atom is -0.496 e. The summed E-state index contributed by atoms with van der Waals surface area (Å²) in [6.07, 6.45) is 1.82. The maximum Gasteiger partial charge on any atom is 0.284 e. The Hall–Kier alpha value is -1.85. The van der Waals surface area contributed by atoms with Crippen LogP contribution >= 0.6 is 27.7 Å². The molecule has 3 rings (SSSR count). The van der Waals surface area contributed by atoms with E-state index >= 15 is 0 Å². The normalized spacial score (nSPS) is 16.0. The van der Waals surface area contributed by atoms with E-state index in [1.165, 1.54) is 11.8 Å². The number of hydrogen-bond acceptors (Lipinski definition) is 3.